The highest BCUT2D eigenvalue weighted by molar-refractivity contribution is 6.07. The van der Waals surface area contributed by atoms with Gasteiger partial charge in [0.05, 0.1) is 14.2 Å². The lowest BCUT2D eigenvalue weighted by Gasteiger charge is -2.10. The van der Waals surface area contributed by atoms with Crippen LogP contribution in [0, 0.1) is 6.92 Å². The summed E-state index contributed by atoms with van der Waals surface area (Å²) < 4.78 is 10.5. The van der Waals surface area contributed by atoms with Gasteiger partial charge in [0.1, 0.15) is 17.2 Å². The molecule has 0 aliphatic rings. The molecule has 2 aromatic carbocycles. The number of ether oxygens (including phenoxy) is 2. The molecule has 114 valence electrons. The van der Waals surface area contributed by atoms with E-state index in [9.17, 15) is 9.90 Å². The second kappa shape index (κ2) is 6.80. The highest BCUT2D eigenvalue weighted by Gasteiger charge is 2.07. The summed E-state index contributed by atoms with van der Waals surface area (Å²) in [7, 11) is 3.18. The van der Waals surface area contributed by atoms with E-state index >= 15 is 0 Å². The van der Waals surface area contributed by atoms with Crippen molar-refractivity contribution in [1.82, 2.24) is 0 Å². The maximum Gasteiger partial charge on any atom is 0.185 e. The molecule has 0 bridgehead atoms. The van der Waals surface area contributed by atoms with Gasteiger partial charge in [-0.2, -0.15) is 0 Å². The van der Waals surface area contributed by atoms with Crippen LogP contribution >= 0.6 is 0 Å². The predicted octanol–water partition coefficient (Wildman–Crippen LogP) is 3.61. The Morgan fingerprint density at radius 3 is 2.36 bits per heavy atom. The molecule has 0 radical (unpaired) electrons. The van der Waals surface area contributed by atoms with Crippen molar-refractivity contribution in [2.45, 2.75) is 6.92 Å². The average molecular weight is 298 g/mol. The summed E-state index contributed by atoms with van der Waals surface area (Å²) in [6.45, 7) is 1.92. The molecule has 0 fully saturated rings. The fourth-order valence-electron chi connectivity index (χ4n) is 2.07. The van der Waals surface area contributed by atoms with Crippen LogP contribution in [-0.2, 0) is 0 Å². The van der Waals surface area contributed by atoms with Gasteiger partial charge in [-0.25, -0.2) is 0 Å². The zero-order chi connectivity index (χ0) is 16.1. The van der Waals surface area contributed by atoms with Gasteiger partial charge < -0.3 is 14.6 Å². The average Bonchev–Trinajstić information content (AvgIpc) is 2.54. The number of phenolic OH excluding ortho intramolecular Hbond substituents is 1. The zero-order valence-electron chi connectivity index (χ0n) is 12.8. The number of rotatable bonds is 5. The van der Waals surface area contributed by atoms with Gasteiger partial charge in [-0.15, -0.1) is 0 Å². The normalized spacial score (nSPS) is 10.7. The Kier molecular flexibility index (Phi) is 4.84. The summed E-state index contributed by atoms with van der Waals surface area (Å²) >= 11 is 0. The summed E-state index contributed by atoms with van der Waals surface area (Å²) in [4.78, 5) is 12.1. The lowest BCUT2D eigenvalue weighted by atomic mass is 10.0. The highest BCUT2D eigenvalue weighted by Crippen LogP contribution is 2.28. The Labute approximate surface area is 129 Å². The van der Waals surface area contributed by atoms with Gasteiger partial charge in [0.2, 0.25) is 0 Å². The maximum absolute atomic E-state index is 12.1. The Balaban J connectivity index is 2.29. The number of aromatic hydroxyl groups is 1. The number of hydrogen-bond acceptors (Lipinski definition) is 4. The highest BCUT2D eigenvalue weighted by atomic mass is 16.5. The largest absolute Gasteiger partial charge is 0.508 e. The van der Waals surface area contributed by atoms with E-state index < -0.39 is 0 Å². The van der Waals surface area contributed by atoms with E-state index in [0.717, 1.165) is 11.1 Å². The monoisotopic (exact) mass is 298 g/mol. The fourth-order valence-corrected chi connectivity index (χ4v) is 2.07. The summed E-state index contributed by atoms with van der Waals surface area (Å²) in [5.74, 6) is 1.37. The SMILES string of the molecule is COc1cc(C=CC(=O)c2ccc(O)cc2)c(C)c(OC)c1. The van der Waals surface area contributed by atoms with Crippen molar-refractivity contribution in [1.29, 1.82) is 0 Å². The Morgan fingerprint density at radius 1 is 1.09 bits per heavy atom. The van der Waals surface area contributed by atoms with Gasteiger partial charge in [0, 0.05) is 11.6 Å². The van der Waals surface area contributed by atoms with Gasteiger partial charge in [-0.05, 0) is 54.5 Å². The minimum atomic E-state index is -0.138. The fraction of sp³-hybridized carbons (Fsp3) is 0.167. The summed E-state index contributed by atoms with van der Waals surface area (Å²) in [6, 6.07) is 9.79. The van der Waals surface area contributed by atoms with Crippen LogP contribution in [0.3, 0.4) is 0 Å². The molecule has 0 unspecified atom stereocenters. The first-order chi connectivity index (χ1) is 10.5. The number of allylic oxidation sites excluding steroid dienone is 1. The Hall–Kier alpha value is -2.75. The first kappa shape index (κ1) is 15.6. The van der Waals surface area contributed by atoms with Crippen LogP contribution < -0.4 is 9.47 Å². The number of benzene rings is 2. The van der Waals surface area contributed by atoms with Crippen LogP contribution in [0.5, 0.6) is 17.2 Å². The third-order valence-electron chi connectivity index (χ3n) is 3.40. The van der Waals surface area contributed by atoms with Crippen molar-refractivity contribution in [3.05, 3.63) is 59.2 Å². The van der Waals surface area contributed by atoms with Crippen molar-refractivity contribution in [3.63, 3.8) is 0 Å². The zero-order valence-corrected chi connectivity index (χ0v) is 12.8. The van der Waals surface area contributed by atoms with Crippen LogP contribution in [0.1, 0.15) is 21.5 Å². The summed E-state index contributed by atoms with van der Waals surface area (Å²) in [5, 5.41) is 9.24. The molecule has 22 heavy (non-hydrogen) atoms. The van der Waals surface area contributed by atoms with E-state index in [4.69, 9.17) is 9.47 Å². The molecule has 0 spiro atoms. The minimum Gasteiger partial charge on any atom is -0.508 e. The standard InChI is InChI=1S/C18H18O4/c1-12-14(10-16(21-2)11-18(12)22-3)6-9-17(20)13-4-7-15(19)8-5-13/h4-11,19H,1-3H3. The van der Waals surface area contributed by atoms with E-state index in [0.29, 0.717) is 17.1 Å². The number of methoxy groups -OCH3 is 2. The van der Waals surface area contributed by atoms with Crippen molar-refractivity contribution in [3.8, 4) is 17.2 Å². The van der Waals surface area contributed by atoms with Gasteiger partial charge in [-0.3, -0.25) is 4.79 Å². The second-order valence-electron chi connectivity index (χ2n) is 4.79. The number of carbonyl (C=O) groups is 1. The van der Waals surface area contributed by atoms with E-state index in [1.165, 1.54) is 18.2 Å². The predicted molar refractivity (Wildman–Crippen MR) is 85.8 cm³/mol. The molecule has 0 saturated heterocycles. The molecular weight excluding hydrogens is 280 g/mol. The molecule has 0 aliphatic carbocycles. The molecule has 0 amide bonds. The third-order valence-corrected chi connectivity index (χ3v) is 3.40. The molecule has 0 atom stereocenters. The smallest absolute Gasteiger partial charge is 0.185 e. The summed E-state index contributed by atoms with van der Waals surface area (Å²) in [6.07, 6.45) is 3.23. The molecule has 2 aromatic rings. The Morgan fingerprint density at radius 2 is 1.77 bits per heavy atom. The Bertz CT molecular complexity index is 700. The molecule has 0 saturated carbocycles. The van der Waals surface area contributed by atoms with E-state index in [2.05, 4.69) is 0 Å². The first-order valence-corrected chi connectivity index (χ1v) is 6.79. The molecule has 2 rings (SSSR count). The lowest BCUT2D eigenvalue weighted by molar-refractivity contribution is 0.104. The van der Waals surface area contributed by atoms with Gasteiger partial charge in [0.15, 0.2) is 5.78 Å². The topological polar surface area (TPSA) is 55.8 Å². The quantitative estimate of drug-likeness (QED) is 0.676. The number of hydrogen-bond donors (Lipinski definition) is 1. The van der Waals surface area contributed by atoms with Crippen molar-refractivity contribution in [2.24, 2.45) is 0 Å². The maximum atomic E-state index is 12.1. The number of ketones is 1. The first-order valence-electron chi connectivity index (χ1n) is 6.79. The van der Waals surface area contributed by atoms with Crippen molar-refractivity contribution < 1.29 is 19.4 Å². The third kappa shape index (κ3) is 3.47. The molecule has 1 N–H and O–H groups in total. The number of carbonyl (C=O) groups excluding carboxylic acids is 1. The van der Waals surface area contributed by atoms with Gasteiger partial charge in [0.25, 0.3) is 0 Å². The second-order valence-corrected chi connectivity index (χ2v) is 4.79. The lowest BCUT2D eigenvalue weighted by Crippen LogP contribution is -1.95. The van der Waals surface area contributed by atoms with Crippen molar-refractivity contribution >= 4 is 11.9 Å². The van der Waals surface area contributed by atoms with E-state index in [1.807, 2.05) is 13.0 Å². The molecule has 4 nitrogen and oxygen atoms in total. The van der Waals surface area contributed by atoms with Crippen LogP contribution in [0.2, 0.25) is 0 Å². The van der Waals surface area contributed by atoms with E-state index in [-0.39, 0.29) is 11.5 Å². The molecule has 0 aliphatic heterocycles. The number of phenols is 1. The van der Waals surface area contributed by atoms with Gasteiger partial charge in [-0.1, -0.05) is 6.08 Å². The minimum absolute atomic E-state index is 0.133. The molecule has 0 aromatic heterocycles. The van der Waals surface area contributed by atoms with Crippen LogP contribution in [0.25, 0.3) is 6.08 Å². The molecule has 4 heteroatoms. The van der Waals surface area contributed by atoms with Crippen LogP contribution in [-0.4, -0.2) is 25.1 Å². The summed E-state index contributed by atoms with van der Waals surface area (Å²) in [5.41, 5.74) is 2.29. The molecule has 0 heterocycles. The van der Waals surface area contributed by atoms with Crippen molar-refractivity contribution in [2.75, 3.05) is 14.2 Å². The van der Waals surface area contributed by atoms with E-state index in [1.54, 1.807) is 38.5 Å². The van der Waals surface area contributed by atoms with Crippen LogP contribution in [0.4, 0.5) is 0 Å². The van der Waals surface area contributed by atoms with Gasteiger partial charge >= 0.3 is 0 Å². The molecular formula is C18H18O4. The van der Waals surface area contributed by atoms with Crippen LogP contribution in [0.15, 0.2) is 42.5 Å².